The van der Waals surface area contributed by atoms with E-state index in [1.165, 1.54) is 22.3 Å². The second-order valence-electron chi connectivity index (χ2n) is 4.93. The van der Waals surface area contributed by atoms with E-state index in [0.29, 0.717) is 0 Å². The van der Waals surface area contributed by atoms with Gasteiger partial charge in [-0.15, -0.1) is 0 Å². The van der Waals surface area contributed by atoms with Crippen molar-refractivity contribution in [1.29, 1.82) is 0 Å². The third-order valence-electron chi connectivity index (χ3n) is 3.28. The molecule has 1 N–H and O–H groups in total. The van der Waals surface area contributed by atoms with Crippen molar-refractivity contribution < 1.29 is 0 Å². The molecule has 0 aliphatic heterocycles. The smallest absolute Gasteiger partial charge is 0.131 e. The molecule has 2 rings (SSSR count). The number of aryl methyl sites for hydroxylation is 4. The summed E-state index contributed by atoms with van der Waals surface area (Å²) in [6.07, 6.45) is 0.840. The largest absolute Gasteiger partial charge is 0.373 e. The van der Waals surface area contributed by atoms with E-state index < -0.39 is 0 Å². The minimum Gasteiger partial charge on any atom is -0.373 e. The quantitative estimate of drug-likeness (QED) is 0.909. The summed E-state index contributed by atoms with van der Waals surface area (Å²) in [6.45, 7) is 8.48. The van der Waals surface area contributed by atoms with Crippen LogP contribution in [0.5, 0.6) is 0 Å². The molecule has 1 aromatic heterocycles. The average Bonchev–Trinajstić information content (AvgIpc) is 2.37. The highest BCUT2D eigenvalue weighted by atomic mass is 15.0. The summed E-state index contributed by atoms with van der Waals surface area (Å²) >= 11 is 0. The molecule has 3 nitrogen and oxygen atoms in total. The van der Waals surface area contributed by atoms with Gasteiger partial charge in [-0.2, -0.15) is 0 Å². The second-order valence-corrected chi connectivity index (χ2v) is 4.93. The van der Waals surface area contributed by atoms with Crippen molar-refractivity contribution in [2.24, 2.45) is 0 Å². The first-order valence-corrected chi connectivity index (χ1v) is 6.69. The maximum Gasteiger partial charge on any atom is 0.131 e. The molecule has 0 aliphatic rings. The molecule has 19 heavy (non-hydrogen) atoms. The van der Waals surface area contributed by atoms with Crippen molar-refractivity contribution in [3.05, 3.63) is 40.7 Å². The number of benzene rings is 1. The third-order valence-corrected chi connectivity index (χ3v) is 3.28. The fourth-order valence-electron chi connectivity index (χ4n) is 2.50. The van der Waals surface area contributed by atoms with Gasteiger partial charge >= 0.3 is 0 Å². The molecule has 0 amide bonds. The minimum atomic E-state index is 0.840. The molecule has 2 aromatic rings. The molecule has 0 aliphatic carbocycles. The Morgan fingerprint density at radius 2 is 1.63 bits per heavy atom. The Kier molecular flexibility index (Phi) is 3.84. The lowest BCUT2D eigenvalue weighted by atomic mass is 9.97. The van der Waals surface area contributed by atoms with E-state index in [1.54, 1.807) is 0 Å². The molecular formula is C16H21N3. The lowest BCUT2D eigenvalue weighted by molar-refractivity contribution is 0.943. The van der Waals surface area contributed by atoms with Crippen molar-refractivity contribution in [2.75, 3.05) is 12.4 Å². The maximum absolute atomic E-state index is 4.67. The van der Waals surface area contributed by atoms with E-state index in [-0.39, 0.29) is 0 Å². The van der Waals surface area contributed by atoms with Crippen LogP contribution < -0.4 is 5.32 Å². The van der Waals surface area contributed by atoms with Gasteiger partial charge in [0, 0.05) is 25.1 Å². The predicted molar refractivity (Wildman–Crippen MR) is 80.6 cm³/mol. The van der Waals surface area contributed by atoms with E-state index in [2.05, 4.69) is 55.1 Å². The van der Waals surface area contributed by atoms with Crippen LogP contribution in [0.15, 0.2) is 18.2 Å². The number of nitrogens with one attached hydrogen (secondary N) is 1. The van der Waals surface area contributed by atoms with Crippen molar-refractivity contribution in [3.63, 3.8) is 0 Å². The number of hydrogen-bond acceptors (Lipinski definition) is 3. The normalized spacial score (nSPS) is 10.6. The Morgan fingerprint density at radius 3 is 2.16 bits per heavy atom. The molecular weight excluding hydrogens is 234 g/mol. The molecule has 0 atom stereocenters. The van der Waals surface area contributed by atoms with Gasteiger partial charge in [0.1, 0.15) is 11.6 Å². The van der Waals surface area contributed by atoms with Crippen LogP contribution in [0.4, 0.5) is 5.82 Å². The highest BCUT2D eigenvalue weighted by molar-refractivity contribution is 5.70. The van der Waals surface area contributed by atoms with Crippen molar-refractivity contribution in [3.8, 4) is 11.3 Å². The Labute approximate surface area is 115 Å². The van der Waals surface area contributed by atoms with E-state index in [4.69, 9.17) is 0 Å². The van der Waals surface area contributed by atoms with Crippen LogP contribution in [-0.2, 0) is 6.42 Å². The molecule has 0 fully saturated rings. The van der Waals surface area contributed by atoms with Crippen LogP contribution in [0.2, 0.25) is 0 Å². The van der Waals surface area contributed by atoms with Gasteiger partial charge in [-0.05, 0) is 31.9 Å². The van der Waals surface area contributed by atoms with Gasteiger partial charge in [0.05, 0.1) is 5.69 Å². The van der Waals surface area contributed by atoms with E-state index in [1.807, 2.05) is 13.1 Å². The van der Waals surface area contributed by atoms with Gasteiger partial charge in [0.25, 0.3) is 0 Å². The van der Waals surface area contributed by atoms with E-state index in [9.17, 15) is 0 Å². The second kappa shape index (κ2) is 5.39. The van der Waals surface area contributed by atoms with Crippen molar-refractivity contribution in [2.45, 2.75) is 34.1 Å². The van der Waals surface area contributed by atoms with Gasteiger partial charge < -0.3 is 5.32 Å². The zero-order valence-corrected chi connectivity index (χ0v) is 12.3. The van der Waals surface area contributed by atoms with Crippen LogP contribution in [0, 0.1) is 20.8 Å². The fourth-order valence-corrected chi connectivity index (χ4v) is 2.50. The summed E-state index contributed by atoms with van der Waals surface area (Å²) in [5.41, 5.74) is 6.04. The zero-order chi connectivity index (χ0) is 14.0. The van der Waals surface area contributed by atoms with E-state index in [0.717, 1.165) is 23.8 Å². The van der Waals surface area contributed by atoms with Crippen molar-refractivity contribution in [1.82, 2.24) is 9.97 Å². The maximum atomic E-state index is 4.67. The van der Waals surface area contributed by atoms with Crippen LogP contribution >= 0.6 is 0 Å². The summed E-state index contributed by atoms with van der Waals surface area (Å²) in [6, 6.07) is 6.42. The van der Waals surface area contributed by atoms with Crippen LogP contribution in [0.25, 0.3) is 11.3 Å². The molecule has 0 unspecified atom stereocenters. The summed E-state index contributed by atoms with van der Waals surface area (Å²) in [7, 11) is 1.89. The SMILES string of the molecule is CCc1nc(NC)cc(-c2c(C)cc(C)cc2C)n1. The van der Waals surface area contributed by atoms with E-state index >= 15 is 0 Å². The number of nitrogens with zero attached hydrogens (tertiary/aromatic N) is 2. The van der Waals surface area contributed by atoms with Gasteiger partial charge in [0.2, 0.25) is 0 Å². The van der Waals surface area contributed by atoms with Gasteiger partial charge in [-0.3, -0.25) is 0 Å². The molecule has 0 spiro atoms. The monoisotopic (exact) mass is 255 g/mol. The Hall–Kier alpha value is -1.90. The molecule has 0 saturated carbocycles. The van der Waals surface area contributed by atoms with Crippen LogP contribution in [0.3, 0.4) is 0 Å². The predicted octanol–water partition coefficient (Wildman–Crippen LogP) is 3.67. The molecule has 0 saturated heterocycles. The first-order chi connectivity index (χ1) is 9.05. The summed E-state index contributed by atoms with van der Waals surface area (Å²) in [4.78, 5) is 9.12. The highest BCUT2D eigenvalue weighted by Gasteiger charge is 2.10. The summed E-state index contributed by atoms with van der Waals surface area (Å²) in [5, 5.41) is 3.11. The number of rotatable bonds is 3. The highest BCUT2D eigenvalue weighted by Crippen LogP contribution is 2.28. The van der Waals surface area contributed by atoms with Crippen LogP contribution in [-0.4, -0.2) is 17.0 Å². The number of hydrogen-bond donors (Lipinski definition) is 1. The lowest BCUT2D eigenvalue weighted by Crippen LogP contribution is -2.02. The summed E-state index contributed by atoms with van der Waals surface area (Å²) < 4.78 is 0. The molecule has 1 aromatic carbocycles. The Bertz CT molecular complexity index is 558. The van der Waals surface area contributed by atoms with Gasteiger partial charge in [-0.1, -0.05) is 24.6 Å². The first kappa shape index (κ1) is 13.5. The zero-order valence-electron chi connectivity index (χ0n) is 12.3. The fraction of sp³-hybridized carbons (Fsp3) is 0.375. The number of aromatic nitrogens is 2. The molecule has 0 bridgehead atoms. The Morgan fingerprint density at radius 1 is 1.00 bits per heavy atom. The topological polar surface area (TPSA) is 37.8 Å². The minimum absolute atomic E-state index is 0.840. The average molecular weight is 255 g/mol. The number of anilines is 1. The standard InChI is InChI=1S/C16H21N3/c1-6-14-18-13(9-15(17-5)19-14)16-11(3)7-10(2)8-12(16)4/h7-9H,6H2,1-5H3,(H,17,18,19). The molecule has 1 heterocycles. The van der Waals surface area contributed by atoms with Crippen LogP contribution in [0.1, 0.15) is 29.4 Å². The van der Waals surface area contributed by atoms with Gasteiger partial charge in [-0.25, -0.2) is 9.97 Å². The Balaban J connectivity index is 2.64. The molecule has 0 radical (unpaired) electrons. The molecule has 100 valence electrons. The molecule has 3 heteroatoms. The van der Waals surface area contributed by atoms with Gasteiger partial charge in [0.15, 0.2) is 0 Å². The summed E-state index contributed by atoms with van der Waals surface area (Å²) in [5.74, 6) is 1.75. The first-order valence-electron chi connectivity index (χ1n) is 6.69. The third kappa shape index (κ3) is 2.75. The lowest BCUT2D eigenvalue weighted by Gasteiger charge is -2.13. The van der Waals surface area contributed by atoms with Crippen molar-refractivity contribution >= 4 is 5.82 Å².